The summed E-state index contributed by atoms with van der Waals surface area (Å²) in [4.78, 5) is 0. The molecule has 0 aliphatic heterocycles. The Labute approximate surface area is 146 Å². The molecule has 0 aliphatic carbocycles. The summed E-state index contributed by atoms with van der Waals surface area (Å²) in [5, 5.41) is 20.6. The third-order valence-corrected chi connectivity index (χ3v) is 4.76. The first kappa shape index (κ1) is 15.6. The molecule has 0 spiro atoms. The normalized spacial score (nSPS) is 10.9. The second-order valence-electron chi connectivity index (χ2n) is 4.60. The van der Waals surface area contributed by atoms with Crippen molar-refractivity contribution in [3.05, 3.63) is 62.0 Å². The molecule has 0 unspecified atom stereocenters. The van der Waals surface area contributed by atoms with Crippen LogP contribution in [0.1, 0.15) is 10.6 Å². The Balaban J connectivity index is 1.88. The minimum absolute atomic E-state index is 0.129. The zero-order chi connectivity index (χ0) is 15.7. The number of aromatic hydroxyl groups is 1. The average molecular weight is 372 g/mol. The first-order valence-corrected chi connectivity index (χ1v) is 8.23. The van der Waals surface area contributed by atoms with Crippen LogP contribution in [0.25, 0.3) is 10.6 Å². The number of halogens is 3. The van der Waals surface area contributed by atoms with Gasteiger partial charge < -0.3 is 5.11 Å². The fourth-order valence-electron chi connectivity index (χ4n) is 1.95. The molecular formula is C15H9Cl3N2OS. The van der Waals surface area contributed by atoms with Crippen LogP contribution < -0.4 is 0 Å². The molecular weight excluding hydrogens is 363 g/mol. The fourth-order valence-corrected chi connectivity index (χ4v) is 3.51. The van der Waals surface area contributed by atoms with E-state index in [4.69, 9.17) is 34.8 Å². The van der Waals surface area contributed by atoms with E-state index in [1.807, 2.05) is 24.3 Å². The minimum atomic E-state index is -0.129. The second kappa shape index (κ2) is 6.42. The van der Waals surface area contributed by atoms with Crippen molar-refractivity contribution in [3.63, 3.8) is 0 Å². The van der Waals surface area contributed by atoms with Gasteiger partial charge in [0.05, 0.1) is 10.0 Å². The van der Waals surface area contributed by atoms with Crippen LogP contribution in [0.2, 0.25) is 15.1 Å². The lowest BCUT2D eigenvalue weighted by atomic mass is 10.2. The lowest BCUT2D eigenvalue weighted by Gasteiger charge is -2.02. The molecule has 0 saturated carbocycles. The quantitative estimate of drug-likeness (QED) is 0.665. The summed E-state index contributed by atoms with van der Waals surface area (Å²) in [6.45, 7) is 0. The van der Waals surface area contributed by atoms with E-state index in [1.54, 1.807) is 12.1 Å². The summed E-state index contributed by atoms with van der Waals surface area (Å²) in [7, 11) is 0. The van der Waals surface area contributed by atoms with E-state index in [0.717, 1.165) is 16.1 Å². The van der Waals surface area contributed by atoms with Gasteiger partial charge in [0.1, 0.15) is 10.0 Å². The van der Waals surface area contributed by atoms with Crippen LogP contribution >= 0.6 is 46.1 Å². The molecule has 1 aromatic heterocycles. The third kappa shape index (κ3) is 3.36. The fraction of sp³-hybridized carbons (Fsp3) is 0.0667. The van der Waals surface area contributed by atoms with E-state index in [0.29, 0.717) is 16.5 Å². The van der Waals surface area contributed by atoms with Crippen molar-refractivity contribution >= 4 is 46.1 Å². The molecule has 112 valence electrons. The highest BCUT2D eigenvalue weighted by atomic mass is 35.5. The lowest BCUT2D eigenvalue weighted by molar-refractivity contribution is 0.476. The maximum Gasteiger partial charge on any atom is 0.152 e. The first-order chi connectivity index (χ1) is 10.5. The summed E-state index contributed by atoms with van der Waals surface area (Å²) >= 11 is 19.3. The highest BCUT2D eigenvalue weighted by molar-refractivity contribution is 7.14. The largest absolute Gasteiger partial charge is 0.505 e. The van der Waals surface area contributed by atoms with Crippen molar-refractivity contribution in [1.82, 2.24) is 10.2 Å². The molecule has 1 heterocycles. The number of hydrogen-bond donors (Lipinski definition) is 1. The van der Waals surface area contributed by atoms with Crippen molar-refractivity contribution in [2.45, 2.75) is 6.42 Å². The Morgan fingerprint density at radius 1 is 1.00 bits per heavy atom. The molecule has 3 nitrogen and oxygen atoms in total. The topological polar surface area (TPSA) is 46.0 Å². The number of nitrogens with zero attached hydrogens (tertiary/aromatic N) is 2. The number of hydrogen-bond acceptors (Lipinski definition) is 4. The Hall–Kier alpha value is -1.33. The number of phenolic OH excluding ortho intramolecular Hbond substituents is 1. The Bertz CT molecular complexity index is 812. The molecule has 0 radical (unpaired) electrons. The van der Waals surface area contributed by atoms with Gasteiger partial charge in [-0.2, -0.15) is 0 Å². The van der Waals surface area contributed by atoms with Gasteiger partial charge in [0, 0.05) is 17.0 Å². The molecule has 3 rings (SSSR count). The SMILES string of the molecule is Oc1c(Cl)cc(-c2nnc(Cc3cccc(Cl)c3)s2)cc1Cl. The molecule has 0 atom stereocenters. The molecule has 22 heavy (non-hydrogen) atoms. The molecule has 0 fully saturated rings. The summed E-state index contributed by atoms with van der Waals surface area (Å²) in [5.74, 6) is -0.129. The van der Waals surface area contributed by atoms with E-state index >= 15 is 0 Å². The number of phenols is 1. The molecule has 0 bridgehead atoms. The Morgan fingerprint density at radius 3 is 2.41 bits per heavy atom. The highest BCUT2D eigenvalue weighted by Crippen LogP contribution is 2.37. The van der Waals surface area contributed by atoms with E-state index < -0.39 is 0 Å². The van der Waals surface area contributed by atoms with Gasteiger partial charge in [-0.05, 0) is 29.8 Å². The van der Waals surface area contributed by atoms with Gasteiger partial charge in [0.15, 0.2) is 5.75 Å². The molecule has 0 aliphatic rings. The van der Waals surface area contributed by atoms with Crippen LogP contribution in [0.15, 0.2) is 36.4 Å². The van der Waals surface area contributed by atoms with Crippen molar-refractivity contribution in [2.75, 3.05) is 0 Å². The number of benzene rings is 2. The summed E-state index contributed by atoms with van der Waals surface area (Å²) in [5.41, 5.74) is 1.79. The van der Waals surface area contributed by atoms with Gasteiger partial charge in [-0.1, -0.05) is 58.3 Å². The van der Waals surface area contributed by atoms with Crippen LogP contribution in [0.3, 0.4) is 0 Å². The maximum atomic E-state index is 9.59. The molecule has 2 aromatic carbocycles. The Morgan fingerprint density at radius 2 is 1.73 bits per heavy atom. The molecule has 7 heteroatoms. The van der Waals surface area contributed by atoms with E-state index in [-0.39, 0.29) is 15.8 Å². The van der Waals surface area contributed by atoms with E-state index in [2.05, 4.69) is 10.2 Å². The maximum absolute atomic E-state index is 9.59. The number of aromatic nitrogens is 2. The predicted octanol–water partition coefficient (Wildman–Crippen LogP) is 5.46. The summed E-state index contributed by atoms with van der Waals surface area (Å²) < 4.78 is 0. The van der Waals surface area contributed by atoms with Crippen molar-refractivity contribution in [2.24, 2.45) is 0 Å². The monoisotopic (exact) mass is 370 g/mol. The predicted molar refractivity (Wildman–Crippen MR) is 91.3 cm³/mol. The average Bonchev–Trinajstić information content (AvgIpc) is 2.93. The van der Waals surface area contributed by atoms with Crippen molar-refractivity contribution < 1.29 is 5.11 Å². The Kier molecular flexibility index (Phi) is 4.54. The lowest BCUT2D eigenvalue weighted by Crippen LogP contribution is -1.86. The summed E-state index contributed by atoms with van der Waals surface area (Å²) in [6.07, 6.45) is 0.651. The number of rotatable bonds is 3. The van der Waals surface area contributed by atoms with Gasteiger partial charge in [-0.3, -0.25) is 0 Å². The molecule has 0 amide bonds. The third-order valence-electron chi connectivity index (χ3n) is 2.98. The highest BCUT2D eigenvalue weighted by Gasteiger charge is 2.12. The van der Waals surface area contributed by atoms with Crippen molar-refractivity contribution in [1.29, 1.82) is 0 Å². The van der Waals surface area contributed by atoms with Crippen LogP contribution in [0, 0.1) is 0 Å². The van der Waals surface area contributed by atoms with Gasteiger partial charge in [-0.25, -0.2) is 0 Å². The van der Waals surface area contributed by atoms with Gasteiger partial charge in [-0.15, -0.1) is 10.2 Å². The van der Waals surface area contributed by atoms with Gasteiger partial charge >= 0.3 is 0 Å². The molecule has 0 saturated heterocycles. The van der Waals surface area contributed by atoms with E-state index in [1.165, 1.54) is 11.3 Å². The van der Waals surface area contributed by atoms with Crippen LogP contribution in [0.5, 0.6) is 5.75 Å². The zero-order valence-corrected chi connectivity index (χ0v) is 14.1. The van der Waals surface area contributed by atoms with Gasteiger partial charge in [0.25, 0.3) is 0 Å². The van der Waals surface area contributed by atoms with Crippen LogP contribution in [0.4, 0.5) is 0 Å². The minimum Gasteiger partial charge on any atom is -0.505 e. The molecule has 1 N–H and O–H groups in total. The first-order valence-electron chi connectivity index (χ1n) is 6.28. The van der Waals surface area contributed by atoms with Crippen molar-refractivity contribution in [3.8, 4) is 16.3 Å². The standard InChI is InChI=1S/C15H9Cl3N2OS/c16-10-3-1-2-8(4-10)5-13-19-20-15(22-13)9-6-11(17)14(21)12(18)7-9/h1-4,6-7,21H,5H2. The second-order valence-corrected chi connectivity index (χ2v) is 6.91. The van der Waals surface area contributed by atoms with Gasteiger partial charge in [0.2, 0.25) is 0 Å². The molecule has 3 aromatic rings. The van der Waals surface area contributed by atoms with E-state index in [9.17, 15) is 5.11 Å². The van der Waals surface area contributed by atoms with Crippen LogP contribution in [-0.4, -0.2) is 15.3 Å². The van der Waals surface area contributed by atoms with Crippen LogP contribution in [-0.2, 0) is 6.42 Å². The zero-order valence-electron chi connectivity index (χ0n) is 11.1. The smallest absolute Gasteiger partial charge is 0.152 e. The summed E-state index contributed by atoms with van der Waals surface area (Å²) in [6, 6.07) is 10.9.